The van der Waals surface area contributed by atoms with Crippen molar-refractivity contribution in [2.24, 2.45) is 35.2 Å². The average Bonchev–Trinajstić information content (AvgIpc) is 1.62. The molecule has 0 N–H and O–H groups in total. The Morgan fingerprint density at radius 3 is 1.10 bits per heavy atom. The first-order chi connectivity index (χ1) is 61.1. The molecule has 0 aliphatic rings. The summed E-state index contributed by atoms with van der Waals surface area (Å²) in [7, 11) is 10.0. The largest absolute Gasteiger partial charge is 0.453 e. The van der Waals surface area contributed by atoms with Crippen LogP contribution < -0.4 is 23.0 Å². The van der Waals surface area contributed by atoms with Gasteiger partial charge in [0.25, 0.3) is 6.33 Å². The third kappa shape index (κ3) is 13.5. The zero-order valence-electron chi connectivity index (χ0n) is 70.2. The molecular formula is C106H81N14O5+5. The molecule has 600 valence electrons. The predicted octanol–water partition coefficient (Wildman–Crippen LogP) is 22.3. The van der Waals surface area contributed by atoms with E-state index in [2.05, 4.69) is 217 Å². The molecule has 0 unspecified atom stereocenters. The van der Waals surface area contributed by atoms with E-state index in [0.29, 0.717) is 22.9 Å². The summed E-state index contributed by atoms with van der Waals surface area (Å²) in [5.74, 6) is 0.884. The minimum Gasteiger partial charge on any atom is -0.453 e. The lowest BCUT2D eigenvalue weighted by Crippen LogP contribution is -2.35. The first-order valence-corrected chi connectivity index (χ1v) is 41.4. The molecule has 0 atom stereocenters. The van der Waals surface area contributed by atoms with Crippen molar-refractivity contribution in [3.8, 4) is 56.4 Å². The molecule has 15 aromatic heterocycles. The summed E-state index contributed by atoms with van der Waals surface area (Å²) in [6.07, 6.45) is 16.9. The second-order valence-corrected chi connectivity index (χ2v) is 31.8. The van der Waals surface area contributed by atoms with Gasteiger partial charge in [-0.25, -0.2) is 38.6 Å². The molecule has 19 heteroatoms. The molecule has 15 heterocycles. The minimum atomic E-state index is 0.666. The van der Waals surface area contributed by atoms with Crippen molar-refractivity contribution in [1.29, 1.82) is 0 Å². The van der Waals surface area contributed by atoms with Gasteiger partial charge in [0.2, 0.25) is 39.9 Å². The monoisotopic (exact) mass is 1630 g/mol. The van der Waals surface area contributed by atoms with Gasteiger partial charge in [-0.05, 0) is 151 Å². The lowest BCUT2D eigenvalue weighted by molar-refractivity contribution is -0.720. The molecule has 19 nitrogen and oxygen atoms in total. The number of hydrogen-bond donors (Lipinski definition) is 0. The number of nitrogens with zero attached hydrogens (tertiary/aromatic N) is 14. The van der Waals surface area contributed by atoms with Crippen molar-refractivity contribution in [2.45, 2.75) is 34.6 Å². The Morgan fingerprint density at radius 1 is 0.264 bits per heavy atom. The Labute approximate surface area is 715 Å². The Kier molecular flexibility index (Phi) is 18.9. The molecule has 0 radical (unpaired) electrons. The second-order valence-electron chi connectivity index (χ2n) is 31.8. The van der Waals surface area contributed by atoms with Gasteiger partial charge in [-0.15, -0.1) is 0 Å². The van der Waals surface area contributed by atoms with Gasteiger partial charge < -0.3 is 22.1 Å². The summed E-state index contributed by atoms with van der Waals surface area (Å²) in [4.78, 5) is 36.7. The van der Waals surface area contributed by atoms with Crippen molar-refractivity contribution in [2.75, 3.05) is 0 Å². The van der Waals surface area contributed by atoms with E-state index in [4.69, 9.17) is 47.0 Å². The number of hydrogen-bond acceptors (Lipinski definition) is 14. The normalized spacial score (nSPS) is 11.6. The molecule has 0 aliphatic heterocycles. The number of para-hydroxylation sites is 5. The van der Waals surface area contributed by atoms with Crippen molar-refractivity contribution in [3.05, 3.63) is 339 Å². The summed E-state index contributed by atoms with van der Waals surface area (Å²) in [5, 5.41) is 19.5. The van der Waals surface area contributed by atoms with Crippen LogP contribution in [0.25, 0.3) is 221 Å². The number of rotatable bonds is 5. The van der Waals surface area contributed by atoms with Gasteiger partial charge in [0.05, 0.1) is 88.7 Å². The van der Waals surface area contributed by atoms with Crippen LogP contribution in [0.1, 0.15) is 27.8 Å². The predicted molar refractivity (Wildman–Crippen MR) is 493 cm³/mol. The van der Waals surface area contributed by atoms with E-state index in [0.717, 1.165) is 221 Å². The average molecular weight is 1630 g/mol. The van der Waals surface area contributed by atoms with E-state index in [1.165, 1.54) is 5.56 Å². The first kappa shape index (κ1) is 76.1. The number of pyridine rings is 6. The van der Waals surface area contributed by atoms with Gasteiger partial charge in [0.15, 0.2) is 47.4 Å². The van der Waals surface area contributed by atoms with Gasteiger partial charge in [0.1, 0.15) is 48.8 Å². The van der Waals surface area contributed by atoms with Gasteiger partial charge in [-0.1, -0.05) is 155 Å². The van der Waals surface area contributed by atoms with Crippen LogP contribution in [0, 0.1) is 34.6 Å². The fourth-order valence-corrected chi connectivity index (χ4v) is 17.4. The van der Waals surface area contributed by atoms with Crippen LogP contribution >= 0.6 is 0 Å². The molecule has 0 spiro atoms. The maximum absolute atomic E-state index is 6.31. The van der Waals surface area contributed by atoms with Crippen LogP contribution in [0.2, 0.25) is 0 Å². The fraction of sp³-hybridized carbons (Fsp3) is 0.0943. The Bertz CT molecular complexity index is 7520. The topological polar surface area (TPSA) is 201 Å². The maximum atomic E-state index is 6.31. The van der Waals surface area contributed by atoms with Gasteiger partial charge in [0, 0.05) is 106 Å². The zero-order valence-corrected chi connectivity index (χ0v) is 70.2. The van der Waals surface area contributed by atoms with Crippen molar-refractivity contribution in [1.82, 2.24) is 45.0 Å². The van der Waals surface area contributed by atoms with Crippen molar-refractivity contribution < 1.29 is 45.0 Å². The number of aryl methyl sites for hydroxylation is 10. The third-order valence-electron chi connectivity index (χ3n) is 23.7. The highest BCUT2D eigenvalue weighted by Crippen LogP contribution is 2.44. The molecule has 0 bridgehead atoms. The number of benzene rings is 10. The summed E-state index contributed by atoms with van der Waals surface area (Å²) in [5.41, 5.74) is 29.0. The van der Waals surface area contributed by atoms with E-state index in [1.54, 1.807) is 12.4 Å². The third-order valence-corrected chi connectivity index (χ3v) is 23.7. The number of fused-ring (bicyclic) bond motifs is 20. The van der Waals surface area contributed by atoms with Crippen LogP contribution in [-0.4, -0.2) is 45.0 Å². The molecule has 0 fully saturated rings. The Hall–Kier alpha value is -16.3. The fourth-order valence-electron chi connectivity index (χ4n) is 17.4. The summed E-state index contributed by atoms with van der Waals surface area (Å²) < 4.78 is 41.3. The van der Waals surface area contributed by atoms with E-state index in [1.807, 2.05) is 195 Å². The minimum absolute atomic E-state index is 0.666. The maximum Gasteiger partial charge on any atom is 0.334 e. The Morgan fingerprint density at radius 2 is 0.648 bits per heavy atom. The van der Waals surface area contributed by atoms with Crippen molar-refractivity contribution >= 4 is 165 Å². The van der Waals surface area contributed by atoms with Gasteiger partial charge in [-0.2, -0.15) is 4.57 Å². The molecule has 10 aromatic carbocycles. The van der Waals surface area contributed by atoms with Crippen LogP contribution in [0.5, 0.6) is 0 Å². The summed E-state index contributed by atoms with van der Waals surface area (Å²) in [6, 6.07) is 86.8. The summed E-state index contributed by atoms with van der Waals surface area (Å²) in [6.45, 7) is 10.5. The van der Waals surface area contributed by atoms with Gasteiger partial charge in [-0.3, -0.25) is 4.98 Å². The van der Waals surface area contributed by atoms with Crippen LogP contribution in [0.15, 0.2) is 333 Å². The van der Waals surface area contributed by atoms with Crippen LogP contribution in [0.4, 0.5) is 0 Å². The molecule has 25 rings (SSSR count). The van der Waals surface area contributed by atoms with E-state index < -0.39 is 0 Å². The second kappa shape index (κ2) is 31.1. The molecular weight excluding hydrogens is 1550 g/mol. The van der Waals surface area contributed by atoms with E-state index >= 15 is 0 Å². The highest BCUT2D eigenvalue weighted by molar-refractivity contribution is 6.16. The molecule has 125 heavy (non-hydrogen) atoms. The zero-order chi connectivity index (χ0) is 84.8. The van der Waals surface area contributed by atoms with Crippen LogP contribution in [-0.2, 0) is 35.2 Å². The number of aromatic nitrogens is 14. The highest BCUT2D eigenvalue weighted by atomic mass is 16.4. The molecule has 25 aromatic rings. The van der Waals surface area contributed by atoms with Crippen molar-refractivity contribution in [3.63, 3.8) is 0 Å². The molecule has 0 saturated heterocycles. The van der Waals surface area contributed by atoms with Gasteiger partial charge >= 0.3 is 5.82 Å². The lowest BCUT2D eigenvalue weighted by Gasteiger charge is -2.06. The van der Waals surface area contributed by atoms with E-state index in [9.17, 15) is 0 Å². The molecule has 0 aliphatic carbocycles. The number of furan rings is 5. The molecule has 0 amide bonds. The first-order valence-electron chi connectivity index (χ1n) is 41.4. The van der Waals surface area contributed by atoms with E-state index in [-0.39, 0.29) is 0 Å². The lowest BCUT2D eigenvalue weighted by atomic mass is 10.0. The quantitative estimate of drug-likeness (QED) is 0.147. The Balaban J connectivity index is 0.0000000956. The summed E-state index contributed by atoms with van der Waals surface area (Å²) >= 11 is 0. The smallest absolute Gasteiger partial charge is 0.334 e. The SMILES string of the molecule is Cc1ccc2c(oc3cc4ccccc4nc32)c1-c1cccc[n+]1C.Cc1ccc2c(oc3nc4ccccc4cc32)c1-c1cccn[n+]1C.Cc1ccc2c(oc3nc4ccccc4cc32)c1-c1ccnc[n+]1C.Cc1ccc2c(oc3nc4ccccc4cc32)c1-c1cncc[n+]1C.Cc1ccc2c(oc3nc4ccccc4cc32)c1-c1nccc[n+]1C. The van der Waals surface area contributed by atoms with Crippen LogP contribution in [0.3, 0.4) is 0 Å². The molecule has 0 saturated carbocycles. The standard InChI is InChI=1S/C22H17N2O.4C21H16N3O/c1-14-10-11-16-21-19(13-15-7-3-4-8-17(15)23-21)25-22(16)20(14)18-9-5-6-12-24(18)2;1-13-8-9-15-16-12-14-6-3-4-7-17(14)23-21(16)25-19(15)18(13)20-22-10-5-11-24(20)2;1-13-9-10-15-16-12-14-6-3-4-7-17(14)23-21(16)25-20(15)19(13)18-8-5-11-22-24(18)2;1-13-7-8-15-16-11-14-5-3-4-6-17(14)23-21(16)25-20(15)19(13)18-12-22-9-10-24(18)2;1-13-7-8-15-16-11-14-5-3-4-6-17(14)23-21(16)25-20(15)19(13)18-9-10-22-12-24(18)2/h3-13H,1-2H3;4*3-12H,1-2H3/q5*+1. The highest BCUT2D eigenvalue weighted by Gasteiger charge is 2.28.